The van der Waals surface area contributed by atoms with Gasteiger partial charge in [0.1, 0.15) is 11.5 Å². The molecule has 3 nitrogen and oxygen atoms in total. The van der Waals surface area contributed by atoms with Gasteiger partial charge in [0.05, 0.1) is 19.4 Å². The first-order valence-electron chi connectivity index (χ1n) is 4.75. The van der Waals surface area contributed by atoms with Crippen molar-refractivity contribution in [1.29, 1.82) is 0 Å². The number of methoxy groups -OCH3 is 1. The molecule has 0 bridgehead atoms. The van der Waals surface area contributed by atoms with Gasteiger partial charge < -0.3 is 14.9 Å². The van der Waals surface area contributed by atoms with E-state index in [1.54, 1.807) is 13.4 Å². The Morgan fingerprint density at radius 1 is 1.20 bits per heavy atom. The van der Waals surface area contributed by atoms with Crippen LogP contribution in [-0.2, 0) is 0 Å². The van der Waals surface area contributed by atoms with E-state index in [1.165, 1.54) is 0 Å². The van der Waals surface area contributed by atoms with Gasteiger partial charge in [0, 0.05) is 5.56 Å². The lowest BCUT2D eigenvalue weighted by Gasteiger charge is -2.13. The second-order valence-corrected chi connectivity index (χ2v) is 3.24. The minimum Gasteiger partial charge on any atom is -0.496 e. The molecule has 0 spiro atoms. The Labute approximate surface area is 88.5 Å². The van der Waals surface area contributed by atoms with Crippen molar-refractivity contribution in [1.82, 2.24) is 0 Å². The molecule has 1 heterocycles. The van der Waals surface area contributed by atoms with E-state index >= 15 is 0 Å². The molecule has 0 amide bonds. The third-order valence-corrected chi connectivity index (χ3v) is 2.32. The first kappa shape index (κ1) is 9.80. The van der Waals surface area contributed by atoms with Gasteiger partial charge in [0.25, 0.3) is 0 Å². The molecule has 0 fully saturated rings. The number of furan rings is 1. The fourth-order valence-corrected chi connectivity index (χ4v) is 1.54. The molecule has 0 aliphatic rings. The van der Waals surface area contributed by atoms with Crippen LogP contribution < -0.4 is 10.5 Å². The predicted molar refractivity (Wildman–Crippen MR) is 57.7 cm³/mol. The summed E-state index contributed by atoms with van der Waals surface area (Å²) >= 11 is 0. The summed E-state index contributed by atoms with van der Waals surface area (Å²) in [5.74, 6) is 1.51. The molecular weight excluding hydrogens is 190 g/mol. The molecule has 2 aromatic rings. The average molecular weight is 203 g/mol. The van der Waals surface area contributed by atoms with Gasteiger partial charge in [0.2, 0.25) is 0 Å². The molecule has 2 rings (SSSR count). The van der Waals surface area contributed by atoms with Gasteiger partial charge in [-0.1, -0.05) is 18.2 Å². The highest BCUT2D eigenvalue weighted by Crippen LogP contribution is 2.27. The van der Waals surface area contributed by atoms with Crippen molar-refractivity contribution in [3.8, 4) is 5.75 Å². The summed E-state index contributed by atoms with van der Waals surface area (Å²) in [6, 6.07) is 11.1. The Morgan fingerprint density at radius 3 is 2.67 bits per heavy atom. The van der Waals surface area contributed by atoms with Crippen molar-refractivity contribution in [3.63, 3.8) is 0 Å². The lowest BCUT2D eigenvalue weighted by Crippen LogP contribution is -2.12. The maximum Gasteiger partial charge on any atom is 0.125 e. The van der Waals surface area contributed by atoms with Crippen LogP contribution in [0.4, 0.5) is 0 Å². The zero-order valence-corrected chi connectivity index (χ0v) is 8.51. The van der Waals surface area contributed by atoms with Gasteiger partial charge >= 0.3 is 0 Å². The predicted octanol–water partition coefficient (Wildman–Crippen LogP) is 2.34. The first-order valence-corrected chi connectivity index (χ1v) is 4.75. The monoisotopic (exact) mass is 203 g/mol. The van der Waals surface area contributed by atoms with E-state index in [0.717, 1.165) is 17.1 Å². The van der Waals surface area contributed by atoms with Gasteiger partial charge in [-0.2, -0.15) is 0 Å². The Bertz CT molecular complexity index is 423. The summed E-state index contributed by atoms with van der Waals surface area (Å²) in [6.45, 7) is 0. The van der Waals surface area contributed by atoms with Crippen molar-refractivity contribution in [2.75, 3.05) is 7.11 Å². The third kappa shape index (κ3) is 1.87. The molecule has 15 heavy (non-hydrogen) atoms. The molecule has 78 valence electrons. The molecule has 1 aromatic heterocycles. The minimum absolute atomic E-state index is 0.281. The highest BCUT2D eigenvalue weighted by Gasteiger charge is 2.15. The molecule has 0 unspecified atom stereocenters. The van der Waals surface area contributed by atoms with E-state index in [2.05, 4.69) is 0 Å². The highest BCUT2D eigenvalue weighted by atomic mass is 16.5. The lowest BCUT2D eigenvalue weighted by atomic mass is 10.0. The van der Waals surface area contributed by atoms with Crippen LogP contribution in [0.5, 0.6) is 5.75 Å². The number of para-hydroxylation sites is 1. The topological polar surface area (TPSA) is 48.4 Å². The van der Waals surface area contributed by atoms with Crippen molar-refractivity contribution in [2.24, 2.45) is 5.73 Å². The number of benzene rings is 1. The van der Waals surface area contributed by atoms with Crippen LogP contribution in [0.1, 0.15) is 17.4 Å². The molecule has 0 radical (unpaired) electrons. The van der Waals surface area contributed by atoms with Crippen molar-refractivity contribution in [2.45, 2.75) is 6.04 Å². The number of hydrogen-bond donors (Lipinski definition) is 1. The van der Waals surface area contributed by atoms with Gasteiger partial charge in [-0.3, -0.25) is 0 Å². The molecular formula is C12H13NO2. The van der Waals surface area contributed by atoms with Crippen molar-refractivity contribution in [3.05, 3.63) is 54.0 Å². The Hall–Kier alpha value is -1.74. The zero-order chi connectivity index (χ0) is 10.7. The van der Waals surface area contributed by atoms with E-state index in [4.69, 9.17) is 14.9 Å². The largest absolute Gasteiger partial charge is 0.496 e. The van der Waals surface area contributed by atoms with Gasteiger partial charge in [-0.05, 0) is 18.2 Å². The normalized spacial score (nSPS) is 12.4. The molecule has 1 atom stereocenters. The van der Waals surface area contributed by atoms with Crippen LogP contribution in [0, 0.1) is 0 Å². The van der Waals surface area contributed by atoms with Crippen LogP contribution in [-0.4, -0.2) is 7.11 Å². The van der Waals surface area contributed by atoms with E-state index in [-0.39, 0.29) is 6.04 Å². The summed E-state index contributed by atoms with van der Waals surface area (Å²) in [6.07, 6.45) is 1.62. The molecule has 3 heteroatoms. The molecule has 0 aliphatic carbocycles. The highest BCUT2D eigenvalue weighted by molar-refractivity contribution is 5.38. The van der Waals surface area contributed by atoms with Crippen LogP contribution in [0.25, 0.3) is 0 Å². The molecule has 0 aliphatic heterocycles. The SMILES string of the molecule is COc1ccccc1[C@H](N)c1ccco1. The second-order valence-electron chi connectivity index (χ2n) is 3.24. The Balaban J connectivity index is 2.37. The van der Waals surface area contributed by atoms with Gasteiger partial charge in [0.15, 0.2) is 0 Å². The summed E-state index contributed by atoms with van der Waals surface area (Å²) < 4.78 is 10.5. The molecule has 2 N–H and O–H groups in total. The van der Waals surface area contributed by atoms with Gasteiger partial charge in [-0.25, -0.2) is 0 Å². The standard InChI is InChI=1S/C12H13NO2/c1-14-10-6-3-2-5-9(10)12(13)11-7-4-8-15-11/h2-8,12H,13H2,1H3/t12-/m0/s1. The van der Waals surface area contributed by atoms with Crippen molar-refractivity contribution < 1.29 is 9.15 Å². The van der Waals surface area contributed by atoms with Crippen LogP contribution in [0.2, 0.25) is 0 Å². The maximum absolute atomic E-state index is 6.06. The summed E-state index contributed by atoms with van der Waals surface area (Å²) in [5.41, 5.74) is 6.99. The van der Waals surface area contributed by atoms with Crippen LogP contribution >= 0.6 is 0 Å². The minimum atomic E-state index is -0.281. The Morgan fingerprint density at radius 2 is 2.00 bits per heavy atom. The van der Waals surface area contributed by atoms with Gasteiger partial charge in [-0.15, -0.1) is 0 Å². The lowest BCUT2D eigenvalue weighted by molar-refractivity contribution is 0.403. The second kappa shape index (κ2) is 4.19. The number of rotatable bonds is 3. The van der Waals surface area contributed by atoms with E-state index in [9.17, 15) is 0 Å². The third-order valence-electron chi connectivity index (χ3n) is 2.32. The summed E-state index contributed by atoms with van der Waals surface area (Å²) in [7, 11) is 1.63. The first-order chi connectivity index (χ1) is 7.33. The average Bonchev–Trinajstić information content (AvgIpc) is 2.81. The number of hydrogen-bond acceptors (Lipinski definition) is 3. The number of ether oxygens (including phenoxy) is 1. The smallest absolute Gasteiger partial charge is 0.125 e. The van der Waals surface area contributed by atoms with Crippen molar-refractivity contribution >= 4 is 0 Å². The van der Waals surface area contributed by atoms with Crippen LogP contribution in [0.15, 0.2) is 47.1 Å². The molecule has 1 aromatic carbocycles. The summed E-state index contributed by atoms with van der Waals surface area (Å²) in [4.78, 5) is 0. The van der Waals surface area contributed by atoms with E-state index in [1.807, 2.05) is 36.4 Å². The molecule has 0 saturated heterocycles. The van der Waals surface area contributed by atoms with E-state index in [0.29, 0.717) is 0 Å². The van der Waals surface area contributed by atoms with Crippen LogP contribution in [0.3, 0.4) is 0 Å². The zero-order valence-electron chi connectivity index (χ0n) is 8.51. The van der Waals surface area contributed by atoms with E-state index < -0.39 is 0 Å². The Kier molecular flexibility index (Phi) is 2.74. The fourth-order valence-electron chi connectivity index (χ4n) is 1.54. The molecule has 0 saturated carbocycles. The summed E-state index contributed by atoms with van der Waals surface area (Å²) in [5, 5.41) is 0. The quantitative estimate of drug-likeness (QED) is 0.832. The fraction of sp³-hybridized carbons (Fsp3) is 0.167. The maximum atomic E-state index is 6.06. The number of nitrogens with two attached hydrogens (primary N) is 1.